The fraction of sp³-hybridized carbons (Fsp3) is 0.350. The van der Waals surface area contributed by atoms with Crippen LogP contribution in [0.4, 0.5) is 43.4 Å². The standard InChI is InChI=1S/C20H19F6N3O2/c21-19(22,23)13-9-14(20(24,25)26)11-16(10-13)27-12-18(30)28-15-1-3-17(4-2-15)29-5-7-31-8-6-29/h1-4,9-11,27H,5-8,12H2,(H,28,30). The van der Waals surface area contributed by atoms with E-state index in [2.05, 4.69) is 15.5 Å². The number of benzene rings is 2. The van der Waals surface area contributed by atoms with Crippen LogP contribution in [0.15, 0.2) is 42.5 Å². The lowest BCUT2D eigenvalue weighted by molar-refractivity contribution is -0.143. The summed E-state index contributed by atoms with van der Waals surface area (Å²) in [6.45, 7) is 2.22. The van der Waals surface area contributed by atoms with Gasteiger partial charge in [-0.3, -0.25) is 4.79 Å². The van der Waals surface area contributed by atoms with Crippen molar-refractivity contribution < 1.29 is 35.9 Å². The van der Waals surface area contributed by atoms with Crippen molar-refractivity contribution in [1.29, 1.82) is 0 Å². The molecule has 1 saturated heterocycles. The Morgan fingerprint density at radius 1 is 0.871 bits per heavy atom. The summed E-state index contributed by atoms with van der Waals surface area (Å²) in [5.41, 5.74) is -1.97. The van der Waals surface area contributed by atoms with Crippen molar-refractivity contribution in [2.24, 2.45) is 0 Å². The summed E-state index contributed by atoms with van der Waals surface area (Å²) in [6, 6.07) is 8.01. The predicted octanol–water partition coefficient (Wildman–Crippen LogP) is 4.61. The first-order valence-corrected chi connectivity index (χ1v) is 9.28. The van der Waals surface area contributed by atoms with Gasteiger partial charge in [0.25, 0.3) is 0 Å². The van der Waals surface area contributed by atoms with Crippen molar-refractivity contribution in [3.05, 3.63) is 53.6 Å². The van der Waals surface area contributed by atoms with E-state index in [9.17, 15) is 31.1 Å². The smallest absolute Gasteiger partial charge is 0.378 e. The second kappa shape index (κ2) is 9.04. The molecule has 0 radical (unpaired) electrons. The first kappa shape index (κ1) is 22.7. The molecule has 1 aliphatic heterocycles. The lowest BCUT2D eigenvalue weighted by Crippen LogP contribution is -2.36. The van der Waals surface area contributed by atoms with E-state index in [4.69, 9.17) is 4.74 Å². The molecular weight excluding hydrogens is 428 g/mol. The fourth-order valence-electron chi connectivity index (χ4n) is 3.02. The molecule has 0 spiro atoms. The Balaban J connectivity index is 1.62. The SMILES string of the molecule is O=C(CNc1cc(C(F)(F)F)cc(C(F)(F)F)c1)Nc1ccc(N2CCOCC2)cc1. The van der Waals surface area contributed by atoms with Crippen LogP contribution in [0.5, 0.6) is 0 Å². The molecule has 31 heavy (non-hydrogen) atoms. The number of carbonyl (C=O) groups is 1. The van der Waals surface area contributed by atoms with Gasteiger partial charge >= 0.3 is 12.4 Å². The third-order valence-electron chi connectivity index (χ3n) is 4.57. The van der Waals surface area contributed by atoms with E-state index in [1.807, 2.05) is 0 Å². The Kier molecular flexibility index (Phi) is 6.63. The lowest BCUT2D eigenvalue weighted by atomic mass is 10.1. The van der Waals surface area contributed by atoms with Gasteiger partial charge in [0.1, 0.15) is 0 Å². The minimum absolute atomic E-state index is 0.0290. The minimum Gasteiger partial charge on any atom is -0.378 e. The average molecular weight is 447 g/mol. The van der Waals surface area contributed by atoms with Crippen molar-refractivity contribution in [2.45, 2.75) is 12.4 Å². The molecule has 2 aromatic rings. The van der Waals surface area contributed by atoms with Gasteiger partial charge in [0.15, 0.2) is 0 Å². The molecule has 0 aliphatic carbocycles. The molecular formula is C20H19F6N3O2. The number of anilines is 3. The molecule has 1 amide bonds. The summed E-state index contributed by atoms with van der Waals surface area (Å²) >= 11 is 0. The van der Waals surface area contributed by atoms with E-state index < -0.39 is 41.6 Å². The normalized spacial score (nSPS) is 15.0. The van der Waals surface area contributed by atoms with Gasteiger partial charge in [0, 0.05) is 30.2 Å². The quantitative estimate of drug-likeness (QED) is 0.658. The molecule has 0 unspecified atom stereocenters. The van der Waals surface area contributed by atoms with Crippen LogP contribution in [0.25, 0.3) is 0 Å². The van der Waals surface area contributed by atoms with Gasteiger partial charge < -0.3 is 20.3 Å². The number of nitrogens with zero attached hydrogens (tertiary/aromatic N) is 1. The van der Waals surface area contributed by atoms with Gasteiger partial charge in [0.05, 0.1) is 30.9 Å². The number of nitrogens with one attached hydrogen (secondary N) is 2. The first-order chi connectivity index (χ1) is 14.5. The molecule has 11 heteroatoms. The summed E-state index contributed by atoms with van der Waals surface area (Å²) in [5.74, 6) is -0.620. The summed E-state index contributed by atoms with van der Waals surface area (Å²) in [6.07, 6.45) is -9.91. The molecule has 1 fully saturated rings. The highest BCUT2D eigenvalue weighted by Gasteiger charge is 2.36. The molecule has 168 valence electrons. The number of hydrogen-bond donors (Lipinski definition) is 2. The van der Waals surface area contributed by atoms with Crippen LogP contribution in [0.1, 0.15) is 11.1 Å². The summed E-state index contributed by atoms with van der Waals surface area (Å²) < 4.78 is 82.7. The van der Waals surface area contributed by atoms with Crippen LogP contribution in [-0.2, 0) is 21.9 Å². The molecule has 1 heterocycles. The van der Waals surface area contributed by atoms with E-state index >= 15 is 0 Å². The van der Waals surface area contributed by atoms with Crippen molar-refractivity contribution in [1.82, 2.24) is 0 Å². The highest BCUT2D eigenvalue weighted by molar-refractivity contribution is 5.93. The second-order valence-electron chi connectivity index (χ2n) is 6.84. The van der Waals surface area contributed by atoms with E-state index in [0.29, 0.717) is 31.0 Å². The number of hydrogen-bond acceptors (Lipinski definition) is 4. The Hall–Kier alpha value is -2.95. The van der Waals surface area contributed by atoms with Gasteiger partial charge in [-0.25, -0.2) is 0 Å². The Morgan fingerprint density at radius 2 is 1.42 bits per heavy atom. The van der Waals surface area contributed by atoms with E-state index in [0.717, 1.165) is 18.8 Å². The largest absolute Gasteiger partial charge is 0.416 e. The van der Waals surface area contributed by atoms with Gasteiger partial charge in [-0.1, -0.05) is 0 Å². The van der Waals surface area contributed by atoms with Crippen LogP contribution in [-0.4, -0.2) is 38.8 Å². The molecule has 2 N–H and O–H groups in total. The average Bonchev–Trinajstić information content (AvgIpc) is 2.72. The number of morpholine rings is 1. The van der Waals surface area contributed by atoms with E-state index in [1.54, 1.807) is 24.3 Å². The van der Waals surface area contributed by atoms with Crippen LogP contribution in [0.3, 0.4) is 0 Å². The highest BCUT2D eigenvalue weighted by atomic mass is 19.4. The van der Waals surface area contributed by atoms with Gasteiger partial charge in [-0.05, 0) is 42.5 Å². The third kappa shape index (κ3) is 6.27. The Labute approximate surface area is 174 Å². The number of rotatable bonds is 5. The van der Waals surface area contributed by atoms with Crippen LogP contribution in [0.2, 0.25) is 0 Å². The zero-order valence-electron chi connectivity index (χ0n) is 16.1. The fourth-order valence-corrected chi connectivity index (χ4v) is 3.02. The van der Waals surface area contributed by atoms with E-state index in [-0.39, 0.29) is 6.07 Å². The minimum atomic E-state index is -4.96. The number of halogens is 6. The van der Waals surface area contributed by atoms with Crippen LogP contribution in [0, 0.1) is 0 Å². The predicted molar refractivity (Wildman–Crippen MR) is 103 cm³/mol. The highest BCUT2D eigenvalue weighted by Crippen LogP contribution is 2.37. The Bertz CT molecular complexity index is 874. The summed E-state index contributed by atoms with van der Waals surface area (Å²) in [7, 11) is 0. The molecule has 5 nitrogen and oxygen atoms in total. The topological polar surface area (TPSA) is 53.6 Å². The monoisotopic (exact) mass is 447 g/mol. The molecule has 3 rings (SSSR count). The first-order valence-electron chi connectivity index (χ1n) is 9.28. The van der Waals surface area contributed by atoms with Crippen LogP contribution >= 0.6 is 0 Å². The van der Waals surface area contributed by atoms with Crippen molar-refractivity contribution in [2.75, 3.05) is 48.4 Å². The summed E-state index contributed by atoms with van der Waals surface area (Å²) in [4.78, 5) is 14.2. The molecule has 0 aromatic heterocycles. The third-order valence-corrected chi connectivity index (χ3v) is 4.57. The van der Waals surface area contributed by atoms with Crippen molar-refractivity contribution in [3.63, 3.8) is 0 Å². The summed E-state index contributed by atoms with van der Waals surface area (Å²) in [5, 5.41) is 4.86. The van der Waals surface area contributed by atoms with Crippen LogP contribution < -0.4 is 15.5 Å². The molecule has 0 bridgehead atoms. The number of carbonyl (C=O) groups excluding carboxylic acids is 1. The van der Waals surface area contributed by atoms with E-state index in [1.165, 1.54) is 0 Å². The van der Waals surface area contributed by atoms with Gasteiger partial charge in [-0.2, -0.15) is 26.3 Å². The number of ether oxygens (including phenoxy) is 1. The number of alkyl halides is 6. The zero-order chi connectivity index (χ0) is 22.6. The zero-order valence-corrected chi connectivity index (χ0v) is 16.1. The maximum absolute atomic E-state index is 12.9. The van der Waals surface area contributed by atoms with Gasteiger partial charge in [-0.15, -0.1) is 0 Å². The lowest BCUT2D eigenvalue weighted by Gasteiger charge is -2.28. The molecule has 2 aromatic carbocycles. The number of amides is 1. The Morgan fingerprint density at radius 3 is 1.94 bits per heavy atom. The van der Waals surface area contributed by atoms with Crippen molar-refractivity contribution >= 4 is 23.0 Å². The molecule has 0 saturated carbocycles. The second-order valence-corrected chi connectivity index (χ2v) is 6.84. The van der Waals surface area contributed by atoms with Crippen molar-refractivity contribution in [3.8, 4) is 0 Å². The molecule has 0 atom stereocenters. The maximum atomic E-state index is 12.9. The molecule has 1 aliphatic rings. The maximum Gasteiger partial charge on any atom is 0.416 e. The van der Waals surface area contributed by atoms with Gasteiger partial charge in [0.2, 0.25) is 5.91 Å².